The normalized spacial score (nSPS) is 14.1. The fourth-order valence-electron chi connectivity index (χ4n) is 2.42. The van der Waals surface area contributed by atoms with Gasteiger partial charge in [-0.3, -0.25) is 4.57 Å². The number of carbonyl (C=O) groups excluding carboxylic acids is 1. The Hall–Kier alpha value is -3.10. The van der Waals surface area contributed by atoms with Gasteiger partial charge in [0, 0.05) is 24.6 Å². The molecular weight excluding hydrogens is 314 g/mol. The van der Waals surface area contributed by atoms with Gasteiger partial charge in [-0.1, -0.05) is 30.3 Å². The first-order chi connectivity index (χ1) is 11.6. The zero-order chi connectivity index (χ0) is 16.9. The van der Waals surface area contributed by atoms with Gasteiger partial charge in [-0.25, -0.2) is 4.79 Å². The van der Waals surface area contributed by atoms with Gasteiger partial charge < -0.3 is 25.1 Å². The van der Waals surface area contributed by atoms with Gasteiger partial charge in [-0.05, 0) is 10.5 Å². The zero-order valence-corrected chi connectivity index (χ0v) is 12.9. The van der Waals surface area contributed by atoms with Crippen LogP contribution >= 0.6 is 0 Å². The molecule has 0 aliphatic carbocycles. The van der Waals surface area contributed by atoms with Gasteiger partial charge in [0.2, 0.25) is 0 Å². The van der Waals surface area contributed by atoms with Gasteiger partial charge in [0.15, 0.2) is 0 Å². The topological polar surface area (TPSA) is 103 Å². The third-order valence-electron chi connectivity index (χ3n) is 3.69. The smallest absolute Gasteiger partial charge is 0.414 e. The Bertz CT molecular complexity index is 731. The van der Waals surface area contributed by atoms with Crippen LogP contribution in [0, 0.1) is 10.1 Å². The summed E-state index contributed by atoms with van der Waals surface area (Å²) in [6, 6.07) is 9.65. The van der Waals surface area contributed by atoms with Crippen molar-refractivity contribution in [3.63, 3.8) is 0 Å². The lowest BCUT2D eigenvalue weighted by atomic mass is 10.2. The predicted molar refractivity (Wildman–Crippen MR) is 84.6 cm³/mol. The number of nitrogens with zero attached hydrogens (tertiary/aromatic N) is 4. The number of hydrogen-bond donors (Lipinski definition) is 1. The van der Waals surface area contributed by atoms with Crippen LogP contribution < -0.4 is 10.1 Å². The number of carbonyl (C=O) groups is 1. The summed E-state index contributed by atoms with van der Waals surface area (Å²) < 4.78 is 6.98. The van der Waals surface area contributed by atoms with Crippen LogP contribution in [0.25, 0.3) is 0 Å². The van der Waals surface area contributed by atoms with Crippen molar-refractivity contribution in [1.82, 2.24) is 19.8 Å². The molecule has 2 amide bonds. The second-order valence-corrected chi connectivity index (χ2v) is 5.31. The maximum absolute atomic E-state index is 12.3. The van der Waals surface area contributed by atoms with Crippen molar-refractivity contribution in [3.8, 4) is 6.01 Å². The van der Waals surface area contributed by atoms with Crippen LogP contribution in [0.15, 0.2) is 36.5 Å². The van der Waals surface area contributed by atoms with E-state index in [0.29, 0.717) is 26.2 Å². The number of amides is 2. The lowest BCUT2D eigenvalue weighted by Gasteiger charge is -2.25. The fraction of sp³-hybridized carbons (Fsp3) is 0.333. The van der Waals surface area contributed by atoms with E-state index in [9.17, 15) is 14.9 Å². The minimum absolute atomic E-state index is 0.194. The van der Waals surface area contributed by atoms with Crippen molar-refractivity contribution in [2.75, 3.05) is 19.7 Å². The number of benzene rings is 1. The number of nitrogens with one attached hydrogen (secondary N) is 1. The highest BCUT2D eigenvalue weighted by atomic mass is 16.6. The highest BCUT2D eigenvalue weighted by Crippen LogP contribution is 2.18. The Morgan fingerprint density at radius 1 is 1.29 bits per heavy atom. The third-order valence-corrected chi connectivity index (χ3v) is 3.69. The Morgan fingerprint density at radius 2 is 2.08 bits per heavy atom. The highest BCUT2D eigenvalue weighted by molar-refractivity contribution is 5.74. The number of imidazole rings is 1. The molecule has 0 radical (unpaired) electrons. The van der Waals surface area contributed by atoms with Crippen LogP contribution in [0.3, 0.4) is 0 Å². The number of rotatable bonds is 3. The summed E-state index contributed by atoms with van der Waals surface area (Å²) in [4.78, 5) is 28.0. The number of nitro groups is 1. The molecular formula is C15H17N5O4. The lowest BCUT2D eigenvalue weighted by molar-refractivity contribution is -0.389. The maximum Gasteiger partial charge on any atom is 0.414 e. The summed E-state index contributed by atoms with van der Waals surface area (Å²) in [6.45, 7) is 1.87. The van der Waals surface area contributed by atoms with Crippen molar-refractivity contribution in [2.45, 2.75) is 13.1 Å². The molecule has 9 heteroatoms. The molecule has 0 fully saturated rings. The summed E-state index contributed by atoms with van der Waals surface area (Å²) in [5.41, 5.74) is 1.02. The molecule has 1 N–H and O–H groups in total. The zero-order valence-electron chi connectivity index (χ0n) is 12.9. The number of urea groups is 1. The molecule has 0 bridgehead atoms. The highest BCUT2D eigenvalue weighted by Gasteiger charge is 2.24. The molecule has 2 heterocycles. The average Bonchev–Trinajstić information content (AvgIpc) is 2.96. The predicted octanol–water partition coefficient (Wildman–Crippen LogP) is 1.40. The quantitative estimate of drug-likeness (QED) is 0.676. The summed E-state index contributed by atoms with van der Waals surface area (Å²) >= 11 is 0. The van der Waals surface area contributed by atoms with Crippen LogP contribution in [0.2, 0.25) is 0 Å². The fourth-order valence-corrected chi connectivity index (χ4v) is 2.42. The Balaban J connectivity index is 1.59. The molecule has 24 heavy (non-hydrogen) atoms. The molecule has 0 atom stereocenters. The van der Waals surface area contributed by atoms with E-state index < -0.39 is 4.92 Å². The van der Waals surface area contributed by atoms with E-state index in [-0.39, 0.29) is 24.5 Å². The van der Waals surface area contributed by atoms with Crippen molar-refractivity contribution in [2.24, 2.45) is 0 Å². The van der Waals surface area contributed by atoms with E-state index in [0.717, 1.165) is 5.56 Å². The van der Waals surface area contributed by atoms with Crippen molar-refractivity contribution >= 4 is 11.8 Å². The molecule has 1 aromatic carbocycles. The number of ether oxygens (including phenoxy) is 1. The van der Waals surface area contributed by atoms with Crippen LogP contribution in [-0.2, 0) is 13.1 Å². The lowest BCUT2D eigenvalue weighted by Crippen LogP contribution is -2.44. The van der Waals surface area contributed by atoms with Crippen LogP contribution in [0.4, 0.5) is 10.6 Å². The number of aromatic nitrogens is 2. The largest absolute Gasteiger partial charge is 0.444 e. The maximum atomic E-state index is 12.3. The Kier molecular flexibility index (Phi) is 4.59. The summed E-state index contributed by atoms with van der Waals surface area (Å²) in [7, 11) is 0. The van der Waals surface area contributed by atoms with E-state index in [1.807, 2.05) is 30.3 Å². The van der Waals surface area contributed by atoms with E-state index in [1.165, 1.54) is 6.20 Å². The number of hydrogen-bond acceptors (Lipinski definition) is 5. The average molecular weight is 331 g/mol. The standard InChI is InChI=1S/C15H17N5O4/c21-14(16-10-12-4-2-1-3-5-12)18-6-7-19-11-13(20(22)23)17-15(19)24-9-8-18/h1-5,11H,6-10H2,(H,16,21). The molecule has 0 spiro atoms. The van der Waals surface area contributed by atoms with E-state index in [2.05, 4.69) is 10.3 Å². The number of fused-ring (bicyclic) bond motifs is 1. The van der Waals surface area contributed by atoms with Crippen molar-refractivity contribution in [3.05, 3.63) is 52.2 Å². The second-order valence-electron chi connectivity index (χ2n) is 5.31. The van der Waals surface area contributed by atoms with Gasteiger partial charge in [-0.2, -0.15) is 0 Å². The minimum atomic E-state index is -0.564. The molecule has 1 aliphatic rings. The van der Waals surface area contributed by atoms with Crippen LogP contribution in [0.1, 0.15) is 5.56 Å². The van der Waals surface area contributed by atoms with Gasteiger partial charge in [0.05, 0.1) is 6.54 Å². The first-order valence-electron chi connectivity index (χ1n) is 7.54. The molecule has 9 nitrogen and oxygen atoms in total. The van der Waals surface area contributed by atoms with Crippen molar-refractivity contribution in [1.29, 1.82) is 0 Å². The molecule has 0 unspecified atom stereocenters. The summed E-state index contributed by atoms with van der Waals surface area (Å²) in [6.07, 6.45) is 1.32. The summed E-state index contributed by atoms with van der Waals surface area (Å²) in [5, 5.41) is 13.6. The minimum Gasteiger partial charge on any atom is -0.444 e. The van der Waals surface area contributed by atoms with Crippen LogP contribution in [-0.4, -0.2) is 45.1 Å². The molecule has 2 aromatic rings. The third kappa shape index (κ3) is 3.62. The molecule has 1 aromatic heterocycles. The molecule has 0 saturated heterocycles. The van der Waals surface area contributed by atoms with Gasteiger partial charge in [0.25, 0.3) is 0 Å². The molecule has 126 valence electrons. The van der Waals surface area contributed by atoms with E-state index in [1.54, 1.807) is 9.47 Å². The monoisotopic (exact) mass is 331 g/mol. The van der Waals surface area contributed by atoms with Gasteiger partial charge in [-0.15, -0.1) is 0 Å². The first-order valence-corrected chi connectivity index (χ1v) is 7.54. The Morgan fingerprint density at radius 3 is 2.83 bits per heavy atom. The molecule has 0 saturated carbocycles. The molecule has 1 aliphatic heterocycles. The SMILES string of the molecule is O=C(NCc1ccccc1)N1CCOc2nc([N+](=O)[O-])cn2CC1. The summed E-state index contributed by atoms with van der Waals surface area (Å²) in [5.74, 6) is -0.257. The van der Waals surface area contributed by atoms with E-state index in [4.69, 9.17) is 4.74 Å². The molecule has 3 rings (SSSR count). The van der Waals surface area contributed by atoms with E-state index >= 15 is 0 Å². The first kappa shape index (κ1) is 15.8. The van der Waals surface area contributed by atoms with Crippen molar-refractivity contribution < 1.29 is 14.5 Å². The Labute approximate surface area is 138 Å². The van der Waals surface area contributed by atoms with Crippen LogP contribution in [0.5, 0.6) is 6.01 Å². The second kappa shape index (κ2) is 6.99. The van der Waals surface area contributed by atoms with Gasteiger partial charge >= 0.3 is 17.9 Å². The van der Waals surface area contributed by atoms with Gasteiger partial charge in [0.1, 0.15) is 12.8 Å².